The lowest BCUT2D eigenvalue weighted by atomic mass is 10.1. The first-order valence-electron chi connectivity index (χ1n) is 3.27. The van der Waals surface area contributed by atoms with E-state index in [9.17, 15) is 8.78 Å². The maximum atomic E-state index is 12.9. The number of halogens is 2. The van der Waals surface area contributed by atoms with E-state index in [1.807, 2.05) is 0 Å². The predicted octanol–water partition coefficient (Wildman–Crippen LogP) is 3.33. The molecular weight excluding hydrogens is 146 g/mol. The van der Waals surface area contributed by atoms with E-state index in [2.05, 4.69) is 13.2 Å². The summed E-state index contributed by atoms with van der Waals surface area (Å²) in [5.41, 5.74) is 0.658. The molecule has 0 saturated carbocycles. The molecule has 0 atom stereocenters. The van der Waals surface area contributed by atoms with E-state index >= 15 is 0 Å². The first-order chi connectivity index (χ1) is 5.00. The van der Waals surface area contributed by atoms with Gasteiger partial charge in [0.05, 0.1) is 0 Å². The molecule has 0 aromatic heterocycles. The molecule has 0 nitrogen and oxygen atoms in total. The van der Waals surface area contributed by atoms with Gasteiger partial charge in [0.2, 0.25) is 0 Å². The molecule has 0 aliphatic rings. The van der Waals surface area contributed by atoms with Gasteiger partial charge < -0.3 is 0 Å². The number of hydrogen-bond donors (Lipinski definition) is 0. The molecule has 0 aromatic carbocycles. The summed E-state index contributed by atoms with van der Waals surface area (Å²) < 4.78 is 25.0. The zero-order valence-corrected chi connectivity index (χ0v) is 6.88. The Morgan fingerprint density at radius 3 is 1.73 bits per heavy atom. The van der Waals surface area contributed by atoms with Crippen molar-refractivity contribution in [2.75, 3.05) is 6.67 Å². The Bertz CT molecular complexity index is 212. The monoisotopic (exact) mass is 158 g/mol. The van der Waals surface area contributed by atoms with Gasteiger partial charge >= 0.3 is 0 Å². The van der Waals surface area contributed by atoms with Crippen LogP contribution in [0.25, 0.3) is 0 Å². The van der Waals surface area contributed by atoms with Gasteiger partial charge in [-0.15, -0.1) is 0 Å². The second-order valence-corrected chi connectivity index (χ2v) is 2.49. The lowest BCUT2D eigenvalue weighted by molar-refractivity contribution is 0.526. The first-order valence-corrected chi connectivity index (χ1v) is 3.27. The van der Waals surface area contributed by atoms with Crippen molar-refractivity contribution >= 4 is 0 Å². The van der Waals surface area contributed by atoms with Gasteiger partial charge in [0.15, 0.2) is 0 Å². The molecular formula is C9H12F2. The van der Waals surface area contributed by atoms with Crippen LogP contribution in [0.3, 0.4) is 0 Å². The van der Waals surface area contributed by atoms with Crippen LogP contribution in [-0.4, -0.2) is 6.67 Å². The topological polar surface area (TPSA) is 0 Å². The molecule has 0 rings (SSSR count). The quantitative estimate of drug-likeness (QED) is 0.552. The summed E-state index contributed by atoms with van der Waals surface area (Å²) in [6.07, 6.45) is 0. The minimum Gasteiger partial charge on any atom is -0.246 e. The summed E-state index contributed by atoms with van der Waals surface area (Å²) in [7, 11) is 0. The van der Waals surface area contributed by atoms with Gasteiger partial charge in [0.1, 0.15) is 12.5 Å². The summed E-state index contributed by atoms with van der Waals surface area (Å²) in [6.45, 7) is 9.05. The molecule has 0 aliphatic heterocycles. The fraction of sp³-hybridized carbons (Fsp3) is 0.333. The van der Waals surface area contributed by atoms with Crippen LogP contribution in [0, 0.1) is 0 Å². The van der Waals surface area contributed by atoms with Crippen LogP contribution in [0.2, 0.25) is 0 Å². The molecule has 0 aromatic rings. The summed E-state index contributed by atoms with van der Waals surface area (Å²) >= 11 is 0. The van der Waals surface area contributed by atoms with Crippen LogP contribution in [-0.2, 0) is 0 Å². The van der Waals surface area contributed by atoms with Crippen LogP contribution in [0.1, 0.15) is 13.8 Å². The molecule has 2 heteroatoms. The SMILES string of the molecule is C=C(C)/C(F)=C(/CF)C(=C)C. The number of hydrogen-bond acceptors (Lipinski definition) is 0. The van der Waals surface area contributed by atoms with E-state index in [0.29, 0.717) is 5.57 Å². The van der Waals surface area contributed by atoms with E-state index in [1.54, 1.807) is 6.92 Å². The summed E-state index contributed by atoms with van der Waals surface area (Å²) in [5.74, 6) is -0.583. The van der Waals surface area contributed by atoms with Gasteiger partial charge in [-0.25, -0.2) is 8.78 Å². The van der Waals surface area contributed by atoms with Crippen LogP contribution in [0.15, 0.2) is 35.7 Å². The van der Waals surface area contributed by atoms with Crippen molar-refractivity contribution in [3.63, 3.8) is 0 Å². The lowest BCUT2D eigenvalue weighted by Gasteiger charge is -2.03. The zero-order valence-electron chi connectivity index (χ0n) is 6.88. The Morgan fingerprint density at radius 2 is 1.64 bits per heavy atom. The molecule has 0 saturated heterocycles. The second-order valence-electron chi connectivity index (χ2n) is 2.49. The maximum absolute atomic E-state index is 12.9. The average Bonchev–Trinajstić information content (AvgIpc) is 1.88. The van der Waals surface area contributed by atoms with Crippen LogP contribution in [0.5, 0.6) is 0 Å². The first kappa shape index (κ1) is 10.1. The molecule has 0 amide bonds. The minimum absolute atomic E-state index is 0.0116. The van der Waals surface area contributed by atoms with Crippen LogP contribution < -0.4 is 0 Å². The summed E-state index contributed by atoms with van der Waals surface area (Å²) in [5, 5.41) is 0. The molecule has 0 bridgehead atoms. The molecule has 62 valence electrons. The molecule has 0 unspecified atom stereocenters. The lowest BCUT2D eigenvalue weighted by Crippen LogP contribution is -1.92. The third-order valence-corrected chi connectivity index (χ3v) is 1.29. The molecule has 0 aliphatic carbocycles. The molecule has 0 N–H and O–H groups in total. The Labute approximate surface area is 65.9 Å². The van der Waals surface area contributed by atoms with E-state index in [0.717, 1.165) is 0 Å². The largest absolute Gasteiger partial charge is 0.246 e. The van der Waals surface area contributed by atoms with Gasteiger partial charge in [-0.1, -0.05) is 13.2 Å². The van der Waals surface area contributed by atoms with Crippen molar-refractivity contribution in [2.45, 2.75) is 13.8 Å². The maximum Gasteiger partial charge on any atom is 0.131 e. The van der Waals surface area contributed by atoms with Crippen molar-refractivity contribution in [1.29, 1.82) is 0 Å². The van der Waals surface area contributed by atoms with Gasteiger partial charge in [-0.2, -0.15) is 0 Å². The highest BCUT2D eigenvalue weighted by molar-refractivity contribution is 5.37. The van der Waals surface area contributed by atoms with Crippen LogP contribution >= 0.6 is 0 Å². The van der Waals surface area contributed by atoms with E-state index in [1.165, 1.54) is 6.92 Å². The van der Waals surface area contributed by atoms with Crippen molar-refractivity contribution in [2.24, 2.45) is 0 Å². The third kappa shape index (κ3) is 2.66. The second kappa shape index (κ2) is 4.06. The van der Waals surface area contributed by atoms with Gasteiger partial charge in [-0.3, -0.25) is 0 Å². The minimum atomic E-state index is -0.825. The number of allylic oxidation sites excluding steroid dienone is 4. The van der Waals surface area contributed by atoms with Crippen LogP contribution in [0.4, 0.5) is 8.78 Å². The Morgan fingerprint density at radius 1 is 1.18 bits per heavy atom. The van der Waals surface area contributed by atoms with Crippen molar-refractivity contribution in [3.05, 3.63) is 35.7 Å². The standard InChI is InChI=1S/C9H12F2/c1-6(2)8(5-10)9(11)7(3)4/h1,3,5H2,2,4H3/b9-8+. The number of alkyl halides is 1. The van der Waals surface area contributed by atoms with Crippen molar-refractivity contribution in [3.8, 4) is 0 Å². The smallest absolute Gasteiger partial charge is 0.131 e. The Balaban J connectivity index is 4.83. The van der Waals surface area contributed by atoms with E-state index < -0.39 is 12.5 Å². The molecule has 0 heterocycles. The summed E-state index contributed by atoms with van der Waals surface area (Å²) in [4.78, 5) is 0. The molecule has 0 radical (unpaired) electrons. The average molecular weight is 158 g/mol. The number of rotatable bonds is 3. The highest BCUT2D eigenvalue weighted by Crippen LogP contribution is 2.19. The van der Waals surface area contributed by atoms with Crippen molar-refractivity contribution < 1.29 is 8.78 Å². The van der Waals surface area contributed by atoms with E-state index in [-0.39, 0.29) is 11.1 Å². The highest BCUT2D eigenvalue weighted by atomic mass is 19.1. The van der Waals surface area contributed by atoms with Gasteiger partial charge in [0.25, 0.3) is 0 Å². The van der Waals surface area contributed by atoms with Gasteiger partial charge in [-0.05, 0) is 25.0 Å². The predicted molar refractivity (Wildman–Crippen MR) is 43.7 cm³/mol. The highest BCUT2D eigenvalue weighted by Gasteiger charge is 2.06. The Hall–Kier alpha value is -0.920. The zero-order chi connectivity index (χ0) is 9.02. The normalized spacial score (nSPS) is 12.4. The van der Waals surface area contributed by atoms with Crippen molar-refractivity contribution in [1.82, 2.24) is 0 Å². The fourth-order valence-corrected chi connectivity index (χ4v) is 0.618. The summed E-state index contributed by atoms with van der Waals surface area (Å²) in [6, 6.07) is 0. The van der Waals surface area contributed by atoms with E-state index in [4.69, 9.17) is 0 Å². The van der Waals surface area contributed by atoms with Gasteiger partial charge in [0, 0.05) is 5.57 Å². The Kier molecular flexibility index (Phi) is 3.72. The fourth-order valence-electron chi connectivity index (χ4n) is 0.618. The third-order valence-electron chi connectivity index (χ3n) is 1.29. The molecule has 11 heavy (non-hydrogen) atoms. The molecule has 0 fully saturated rings. The molecule has 0 spiro atoms.